The Balaban J connectivity index is 4.19. The van der Waals surface area contributed by atoms with Crippen molar-refractivity contribution in [1.29, 1.82) is 0 Å². The first-order chi connectivity index (χ1) is 5.04. The summed E-state index contributed by atoms with van der Waals surface area (Å²) in [5.74, 6) is 0. The summed E-state index contributed by atoms with van der Waals surface area (Å²) in [7, 11) is 0. The van der Waals surface area contributed by atoms with Crippen LogP contribution in [-0.2, 0) is 4.79 Å². The van der Waals surface area contributed by atoms with Crippen LogP contribution in [0.15, 0.2) is 12.2 Å². The van der Waals surface area contributed by atoms with Gasteiger partial charge in [-0.3, -0.25) is 4.79 Å². The predicted molar refractivity (Wildman–Crippen MR) is 45.3 cm³/mol. The van der Waals surface area contributed by atoms with Crippen LogP contribution in [0.5, 0.6) is 0 Å². The molecule has 0 radical (unpaired) electrons. The Morgan fingerprint density at radius 1 is 1.55 bits per heavy atom. The van der Waals surface area contributed by atoms with Gasteiger partial charge >= 0.3 is 0 Å². The highest BCUT2D eigenvalue weighted by Crippen LogP contribution is 2.23. The second-order valence-corrected chi connectivity index (χ2v) is 3.24. The summed E-state index contributed by atoms with van der Waals surface area (Å²) in [5, 5.41) is 9.45. The maximum Gasteiger partial charge on any atom is 0.142 e. The summed E-state index contributed by atoms with van der Waals surface area (Å²) in [6.07, 6.45) is 4.21. The zero-order valence-corrected chi connectivity index (χ0v) is 7.37. The number of allylic oxidation sites excluding steroid dienone is 1. The van der Waals surface area contributed by atoms with Crippen LogP contribution >= 0.6 is 0 Å². The van der Waals surface area contributed by atoms with Crippen molar-refractivity contribution in [2.24, 2.45) is 5.41 Å². The van der Waals surface area contributed by atoms with Crippen molar-refractivity contribution in [1.82, 2.24) is 0 Å². The molecule has 64 valence electrons. The zero-order chi connectivity index (χ0) is 8.91. The van der Waals surface area contributed by atoms with E-state index in [-0.39, 0.29) is 11.5 Å². The van der Waals surface area contributed by atoms with Crippen LogP contribution in [0.4, 0.5) is 0 Å². The molecule has 0 saturated carbocycles. The molecule has 0 fully saturated rings. The molecule has 0 amide bonds. The van der Waals surface area contributed by atoms with Crippen molar-refractivity contribution in [3.8, 4) is 0 Å². The highest BCUT2D eigenvalue weighted by molar-refractivity contribution is 5.64. The number of hydrogen-bond donors (Lipinski definition) is 1. The molecule has 0 aliphatic carbocycles. The third kappa shape index (κ3) is 3.33. The van der Waals surface area contributed by atoms with E-state index in [1.807, 2.05) is 20.8 Å². The summed E-state index contributed by atoms with van der Waals surface area (Å²) >= 11 is 0. The fourth-order valence-electron chi connectivity index (χ4n) is 0.924. The molecule has 1 atom stereocenters. The first-order valence-corrected chi connectivity index (χ1v) is 3.85. The van der Waals surface area contributed by atoms with Crippen LogP contribution in [0, 0.1) is 5.41 Å². The van der Waals surface area contributed by atoms with E-state index in [1.165, 1.54) is 6.08 Å². The van der Waals surface area contributed by atoms with Gasteiger partial charge in [-0.05, 0) is 12.5 Å². The summed E-state index contributed by atoms with van der Waals surface area (Å²) in [6.45, 7) is 5.73. The lowest BCUT2D eigenvalue weighted by atomic mass is 9.85. The van der Waals surface area contributed by atoms with E-state index in [0.29, 0.717) is 6.42 Å². The number of hydrogen-bond acceptors (Lipinski definition) is 2. The molecule has 0 aliphatic rings. The van der Waals surface area contributed by atoms with E-state index < -0.39 is 0 Å². The molecule has 0 aromatic carbocycles. The van der Waals surface area contributed by atoms with Crippen molar-refractivity contribution in [2.45, 2.75) is 33.3 Å². The third-order valence-corrected chi connectivity index (χ3v) is 1.85. The largest absolute Gasteiger partial charge is 0.392 e. The van der Waals surface area contributed by atoms with Gasteiger partial charge in [-0.2, -0.15) is 0 Å². The third-order valence-electron chi connectivity index (χ3n) is 1.85. The minimum absolute atomic E-state index is 0.296. The lowest BCUT2D eigenvalue weighted by Gasteiger charge is -2.25. The highest BCUT2D eigenvalue weighted by atomic mass is 16.3. The quantitative estimate of drug-likeness (QED) is 0.495. The molecule has 1 unspecified atom stereocenters. The molecule has 2 heteroatoms. The van der Waals surface area contributed by atoms with Gasteiger partial charge in [0, 0.05) is 5.41 Å². The SMILES string of the molecule is CCC(O)C(C)(C)C=CC=O. The average molecular weight is 156 g/mol. The van der Waals surface area contributed by atoms with Crippen molar-refractivity contribution in [2.75, 3.05) is 0 Å². The molecule has 11 heavy (non-hydrogen) atoms. The Morgan fingerprint density at radius 2 is 2.09 bits per heavy atom. The van der Waals surface area contributed by atoms with Gasteiger partial charge in [-0.25, -0.2) is 0 Å². The summed E-state index contributed by atoms with van der Waals surface area (Å²) < 4.78 is 0. The average Bonchev–Trinajstić information content (AvgIpc) is 1.99. The van der Waals surface area contributed by atoms with Crippen LogP contribution in [0.2, 0.25) is 0 Å². The predicted octanol–water partition coefficient (Wildman–Crippen LogP) is 1.54. The highest BCUT2D eigenvalue weighted by Gasteiger charge is 2.22. The minimum Gasteiger partial charge on any atom is -0.392 e. The van der Waals surface area contributed by atoms with Gasteiger partial charge in [0.1, 0.15) is 6.29 Å². The molecule has 1 N–H and O–H groups in total. The van der Waals surface area contributed by atoms with Gasteiger partial charge in [-0.15, -0.1) is 0 Å². The lowest BCUT2D eigenvalue weighted by molar-refractivity contribution is -0.104. The standard InChI is InChI=1S/C9H16O2/c1-4-8(11)9(2,3)6-5-7-10/h5-8,11H,4H2,1-3H3. The van der Waals surface area contributed by atoms with Crippen molar-refractivity contribution in [3.63, 3.8) is 0 Å². The molecule has 0 spiro atoms. The number of aliphatic hydroxyl groups is 1. The first kappa shape index (κ1) is 10.4. The first-order valence-electron chi connectivity index (χ1n) is 3.85. The van der Waals surface area contributed by atoms with E-state index in [1.54, 1.807) is 6.08 Å². The van der Waals surface area contributed by atoms with Gasteiger partial charge < -0.3 is 5.11 Å². The van der Waals surface area contributed by atoms with Crippen molar-refractivity contribution in [3.05, 3.63) is 12.2 Å². The number of aldehydes is 1. The van der Waals surface area contributed by atoms with Crippen LogP contribution < -0.4 is 0 Å². The maximum atomic E-state index is 9.99. The number of rotatable bonds is 4. The number of aliphatic hydroxyl groups excluding tert-OH is 1. The van der Waals surface area contributed by atoms with Gasteiger partial charge in [0.15, 0.2) is 0 Å². The summed E-state index contributed by atoms with van der Waals surface area (Å²) in [4.78, 5) is 9.99. The Bertz CT molecular complexity index is 148. The molecule has 0 aromatic rings. The van der Waals surface area contributed by atoms with E-state index in [9.17, 15) is 9.90 Å². The molecule has 0 bridgehead atoms. The van der Waals surface area contributed by atoms with E-state index >= 15 is 0 Å². The molecule has 0 rings (SSSR count). The molecular weight excluding hydrogens is 140 g/mol. The Labute approximate surface area is 67.9 Å². The van der Waals surface area contributed by atoms with Gasteiger partial charge in [0.2, 0.25) is 0 Å². The van der Waals surface area contributed by atoms with E-state index in [0.717, 1.165) is 6.29 Å². The molecule has 0 aliphatic heterocycles. The monoisotopic (exact) mass is 156 g/mol. The molecule has 0 saturated heterocycles. The fraction of sp³-hybridized carbons (Fsp3) is 0.667. The number of carbonyl (C=O) groups excluding carboxylic acids is 1. The lowest BCUT2D eigenvalue weighted by Crippen LogP contribution is -2.26. The molecule has 0 aromatic heterocycles. The Hall–Kier alpha value is -0.630. The number of carbonyl (C=O) groups is 1. The van der Waals surface area contributed by atoms with Crippen molar-refractivity contribution >= 4 is 6.29 Å². The van der Waals surface area contributed by atoms with Crippen LogP contribution in [0.25, 0.3) is 0 Å². The fourth-order valence-corrected chi connectivity index (χ4v) is 0.924. The van der Waals surface area contributed by atoms with Gasteiger partial charge in [0.25, 0.3) is 0 Å². The van der Waals surface area contributed by atoms with E-state index in [4.69, 9.17) is 0 Å². The normalized spacial score (nSPS) is 15.3. The summed E-state index contributed by atoms with van der Waals surface area (Å²) in [5.41, 5.74) is -0.296. The van der Waals surface area contributed by atoms with Crippen LogP contribution in [-0.4, -0.2) is 17.5 Å². The second kappa shape index (κ2) is 4.29. The molecule has 0 heterocycles. The molecule has 2 nitrogen and oxygen atoms in total. The zero-order valence-electron chi connectivity index (χ0n) is 7.37. The van der Waals surface area contributed by atoms with Gasteiger partial charge in [-0.1, -0.05) is 26.8 Å². The van der Waals surface area contributed by atoms with E-state index in [2.05, 4.69) is 0 Å². The van der Waals surface area contributed by atoms with Crippen molar-refractivity contribution < 1.29 is 9.90 Å². The van der Waals surface area contributed by atoms with Gasteiger partial charge in [0.05, 0.1) is 6.10 Å². The molecular formula is C9H16O2. The Kier molecular flexibility index (Phi) is 4.04. The van der Waals surface area contributed by atoms with Crippen LogP contribution in [0.1, 0.15) is 27.2 Å². The minimum atomic E-state index is -0.376. The maximum absolute atomic E-state index is 9.99. The van der Waals surface area contributed by atoms with Crippen LogP contribution in [0.3, 0.4) is 0 Å². The summed E-state index contributed by atoms with van der Waals surface area (Å²) in [6, 6.07) is 0. The topological polar surface area (TPSA) is 37.3 Å². The Morgan fingerprint density at radius 3 is 2.45 bits per heavy atom. The smallest absolute Gasteiger partial charge is 0.142 e. The second-order valence-electron chi connectivity index (χ2n) is 3.24.